The van der Waals surface area contributed by atoms with Crippen molar-refractivity contribution in [1.82, 2.24) is 0 Å². The molecule has 2 nitrogen and oxygen atoms in total. The van der Waals surface area contributed by atoms with Crippen LogP contribution in [0, 0.1) is 11.8 Å². The molecule has 1 aromatic rings. The molecule has 0 amide bonds. The monoisotopic (exact) mass is 277 g/mol. The lowest BCUT2D eigenvalue weighted by Gasteiger charge is -2.24. The van der Waals surface area contributed by atoms with Crippen LogP contribution in [0.15, 0.2) is 15.9 Å². The summed E-state index contributed by atoms with van der Waals surface area (Å²) in [6, 6.07) is 1.97. The summed E-state index contributed by atoms with van der Waals surface area (Å²) >= 11 is 5.04. The maximum Gasteiger partial charge on any atom is 0.0480 e. The Bertz CT molecular complexity index is 287. The summed E-state index contributed by atoms with van der Waals surface area (Å²) in [6.45, 7) is 4.32. The SMILES string of the molecule is CC(C)C(CO)C(N)c1cc(Br)cs1. The van der Waals surface area contributed by atoms with E-state index in [4.69, 9.17) is 5.73 Å². The Hall–Kier alpha value is 0.1000. The van der Waals surface area contributed by atoms with Gasteiger partial charge in [-0.2, -0.15) is 0 Å². The number of nitrogens with two attached hydrogens (primary N) is 1. The van der Waals surface area contributed by atoms with Crippen LogP contribution in [-0.4, -0.2) is 11.7 Å². The van der Waals surface area contributed by atoms with E-state index in [-0.39, 0.29) is 18.6 Å². The minimum absolute atomic E-state index is 0.0590. The number of hydrogen-bond acceptors (Lipinski definition) is 3. The van der Waals surface area contributed by atoms with Crippen LogP contribution in [0.4, 0.5) is 0 Å². The van der Waals surface area contributed by atoms with Crippen molar-refractivity contribution in [2.75, 3.05) is 6.61 Å². The van der Waals surface area contributed by atoms with E-state index in [0.717, 1.165) is 9.35 Å². The van der Waals surface area contributed by atoms with Gasteiger partial charge < -0.3 is 10.8 Å². The molecule has 4 heteroatoms. The second kappa shape index (κ2) is 5.26. The summed E-state index contributed by atoms with van der Waals surface area (Å²) in [6.07, 6.45) is 0. The van der Waals surface area contributed by atoms with Gasteiger partial charge in [0.2, 0.25) is 0 Å². The van der Waals surface area contributed by atoms with Gasteiger partial charge in [-0.25, -0.2) is 0 Å². The number of aliphatic hydroxyl groups excluding tert-OH is 1. The Morgan fingerprint density at radius 3 is 2.57 bits per heavy atom. The second-order valence-electron chi connectivity index (χ2n) is 3.78. The number of aliphatic hydroxyl groups is 1. The standard InChI is InChI=1S/C10H16BrNOS/c1-6(2)8(4-13)10(12)9-3-7(11)5-14-9/h3,5-6,8,10,13H,4,12H2,1-2H3. The third-order valence-electron chi connectivity index (χ3n) is 2.44. The predicted octanol–water partition coefficient (Wildman–Crippen LogP) is 2.77. The highest BCUT2D eigenvalue weighted by molar-refractivity contribution is 9.10. The van der Waals surface area contributed by atoms with Crippen LogP contribution >= 0.6 is 27.3 Å². The molecular formula is C10H16BrNOS. The summed E-state index contributed by atoms with van der Waals surface area (Å²) in [4.78, 5) is 1.13. The van der Waals surface area contributed by atoms with Gasteiger partial charge in [-0.1, -0.05) is 13.8 Å². The molecule has 0 saturated heterocycles. The molecule has 3 N–H and O–H groups in total. The average Bonchev–Trinajstić information content (AvgIpc) is 2.52. The number of hydrogen-bond donors (Lipinski definition) is 2. The van der Waals surface area contributed by atoms with Crippen molar-refractivity contribution >= 4 is 27.3 Å². The van der Waals surface area contributed by atoms with Crippen molar-refractivity contribution in [3.05, 3.63) is 20.8 Å². The highest BCUT2D eigenvalue weighted by atomic mass is 79.9. The molecule has 0 aromatic carbocycles. The fourth-order valence-electron chi connectivity index (χ4n) is 1.45. The molecule has 0 spiro atoms. The summed E-state index contributed by atoms with van der Waals surface area (Å²) in [5.41, 5.74) is 6.09. The van der Waals surface area contributed by atoms with Gasteiger partial charge in [-0.05, 0) is 27.9 Å². The van der Waals surface area contributed by atoms with Crippen LogP contribution in [-0.2, 0) is 0 Å². The van der Waals surface area contributed by atoms with E-state index >= 15 is 0 Å². The zero-order valence-electron chi connectivity index (χ0n) is 8.40. The lowest BCUT2D eigenvalue weighted by Crippen LogP contribution is -2.27. The largest absolute Gasteiger partial charge is 0.396 e. The Balaban J connectivity index is 2.77. The van der Waals surface area contributed by atoms with E-state index in [0.29, 0.717) is 5.92 Å². The van der Waals surface area contributed by atoms with Crippen molar-refractivity contribution in [3.8, 4) is 0 Å². The molecule has 0 saturated carbocycles. The van der Waals surface area contributed by atoms with Gasteiger partial charge in [0.05, 0.1) is 0 Å². The van der Waals surface area contributed by atoms with Gasteiger partial charge in [0.1, 0.15) is 0 Å². The van der Waals surface area contributed by atoms with E-state index in [1.165, 1.54) is 0 Å². The first kappa shape index (κ1) is 12.2. The van der Waals surface area contributed by atoms with E-state index in [9.17, 15) is 5.11 Å². The highest BCUT2D eigenvalue weighted by Crippen LogP contribution is 2.31. The maximum atomic E-state index is 9.25. The van der Waals surface area contributed by atoms with Gasteiger partial charge in [0, 0.05) is 33.3 Å². The molecule has 0 aliphatic rings. The molecule has 1 heterocycles. The highest BCUT2D eigenvalue weighted by Gasteiger charge is 2.22. The first-order valence-electron chi connectivity index (χ1n) is 4.66. The fraction of sp³-hybridized carbons (Fsp3) is 0.600. The van der Waals surface area contributed by atoms with E-state index in [2.05, 4.69) is 29.8 Å². The van der Waals surface area contributed by atoms with Crippen LogP contribution in [0.1, 0.15) is 24.8 Å². The van der Waals surface area contributed by atoms with Crippen LogP contribution in [0.5, 0.6) is 0 Å². The summed E-state index contributed by atoms with van der Waals surface area (Å²) in [7, 11) is 0. The molecule has 2 atom stereocenters. The second-order valence-corrected chi connectivity index (χ2v) is 5.64. The first-order chi connectivity index (χ1) is 6.56. The third-order valence-corrected chi connectivity index (χ3v) is 4.24. The van der Waals surface area contributed by atoms with Gasteiger partial charge in [-0.3, -0.25) is 0 Å². The molecule has 1 aromatic heterocycles. The molecule has 80 valence electrons. The van der Waals surface area contributed by atoms with E-state index < -0.39 is 0 Å². The summed E-state index contributed by atoms with van der Waals surface area (Å²) in [5, 5.41) is 11.3. The van der Waals surface area contributed by atoms with Crippen LogP contribution in [0.3, 0.4) is 0 Å². The molecule has 0 aliphatic carbocycles. The molecular weight excluding hydrogens is 262 g/mol. The lowest BCUT2D eigenvalue weighted by molar-refractivity contribution is 0.167. The van der Waals surface area contributed by atoms with Crippen molar-refractivity contribution in [2.24, 2.45) is 17.6 Å². The fourth-order valence-corrected chi connectivity index (χ4v) is 2.98. The Morgan fingerprint density at radius 1 is 1.57 bits per heavy atom. The molecule has 0 radical (unpaired) electrons. The molecule has 14 heavy (non-hydrogen) atoms. The zero-order valence-corrected chi connectivity index (χ0v) is 10.8. The Labute approximate surface area is 97.3 Å². The zero-order chi connectivity index (χ0) is 10.7. The van der Waals surface area contributed by atoms with Crippen LogP contribution in [0.25, 0.3) is 0 Å². The predicted molar refractivity (Wildman–Crippen MR) is 64.4 cm³/mol. The Kier molecular flexibility index (Phi) is 4.57. The number of rotatable bonds is 4. The molecule has 2 unspecified atom stereocenters. The van der Waals surface area contributed by atoms with Crippen molar-refractivity contribution in [1.29, 1.82) is 0 Å². The summed E-state index contributed by atoms with van der Waals surface area (Å²) < 4.78 is 1.06. The van der Waals surface area contributed by atoms with Crippen molar-refractivity contribution in [3.63, 3.8) is 0 Å². The minimum atomic E-state index is -0.0590. The molecule has 0 fully saturated rings. The molecule has 1 rings (SSSR count). The van der Waals surface area contributed by atoms with Gasteiger partial charge in [0.15, 0.2) is 0 Å². The van der Waals surface area contributed by atoms with Crippen molar-refractivity contribution in [2.45, 2.75) is 19.9 Å². The minimum Gasteiger partial charge on any atom is -0.396 e. The third kappa shape index (κ3) is 2.79. The quantitative estimate of drug-likeness (QED) is 0.889. The average molecular weight is 278 g/mol. The summed E-state index contributed by atoms with van der Waals surface area (Å²) in [5.74, 6) is 0.538. The molecule has 0 bridgehead atoms. The van der Waals surface area contributed by atoms with E-state index in [1.807, 2.05) is 11.4 Å². The number of halogens is 1. The van der Waals surface area contributed by atoms with Gasteiger partial charge in [0.25, 0.3) is 0 Å². The smallest absolute Gasteiger partial charge is 0.0480 e. The molecule has 0 aliphatic heterocycles. The van der Waals surface area contributed by atoms with E-state index in [1.54, 1.807) is 11.3 Å². The Morgan fingerprint density at radius 2 is 2.21 bits per heavy atom. The number of thiophene rings is 1. The van der Waals surface area contributed by atoms with Gasteiger partial charge in [-0.15, -0.1) is 11.3 Å². The first-order valence-corrected chi connectivity index (χ1v) is 6.34. The van der Waals surface area contributed by atoms with Gasteiger partial charge >= 0.3 is 0 Å². The maximum absolute atomic E-state index is 9.25. The van der Waals surface area contributed by atoms with Crippen LogP contribution < -0.4 is 5.73 Å². The van der Waals surface area contributed by atoms with Crippen LogP contribution in [0.2, 0.25) is 0 Å². The topological polar surface area (TPSA) is 46.2 Å². The normalized spacial score (nSPS) is 15.9. The lowest BCUT2D eigenvalue weighted by atomic mass is 9.89. The van der Waals surface area contributed by atoms with Crippen molar-refractivity contribution < 1.29 is 5.11 Å².